The van der Waals surface area contributed by atoms with Crippen LogP contribution in [0.3, 0.4) is 0 Å². The van der Waals surface area contributed by atoms with Gasteiger partial charge in [0, 0.05) is 16.2 Å². The normalized spacial score (nSPS) is 13.1. The number of methoxy groups -OCH3 is 1. The van der Waals surface area contributed by atoms with Gasteiger partial charge in [-0.05, 0) is 82.3 Å². The number of rotatable bonds is 3. The largest absolute Gasteiger partial charge is 0.443 e. The van der Waals surface area contributed by atoms with Crippen LogP contribution in [0.5, 0.6) is 0 Å². The summed E-state index contributed by atoms with van der Waals surface area (Å²) in [4.78, 5) is 26.2. The van der Waals surface area contributed by atoms with Crippen LogP contribution in [-0.4, -0.2) is 35.6 Å². The minimum Gasteiger partial charge on any atom is -0.443 e. The van der Waals surface area contributed by atoms with Gasteiger partial charge >= 0.3 is 12.2 Å². The summed E-state index contributed by atoms with van der Waals surface area (Å²) in [6.45, 7) is 10.1. The van der Waals surface area contributed by atoms with Crippen molar-refractivity contribution in [3.05, 3.63) is 27.3 Å². The Hall–Kier alpha value is -1.39. The maximum absolute atomic E-state index is 12.7. The van der Waals surface area contributed by atoms with Crippen molar-refractivity contribution in [2.75, 3.05) is 12.0 Å². The maximum Gasteiger partial charge on any atom is 0.424 e. The quantitative estimate of drug-likeness (QED) is 0.504. The lowest BCUT2D eigenvalue weighted by atomic mass is 10.1. The average Bonchev–Trinajstić information content (AvgIpc) is 2.44. The second kappa shape index (κ2) is 8.53. The van der Waals surface area contributed by atoms with E-state index in [1.807, 2.05) is 0 Å². The summed E-state index contributed by atoms with van der Waals surface area (Å²) >= 11 is 2.06. The maximum atomic E-state index is 12.7. The van der Waals surface area contributed by atoms with Crippen molar-refractivity contribution >= 4 is 40.5 Å². The van der Waals surface area contributed by atoms with Gasteiger partial charge in [0.25, 0.3) is 0 Å². The van der Waals surface area contributed by atoms with Crippen molar-refractivity contribution in [3.63, 3.8) is 0 Å². The van der Waals surface area contributed by atoms with E-state index in [0.717, 1.165) is 8.47 Å². The molecular weight excluding hydrogens is 453 g/mol. The molecule has 0 spiro atoms. The van der Waals surface area contributed by atoms with E-state index in [1.165, 1.54) is 13.2 Å². The third-order valence-electron chi connectivity index (χ3n) is 2.87. The van der Waals surface area contributed by atoms with Gasteiger partial charge in [-0.15, -0.1) is 0 Å². The minimum absolute atomic E-state index is 0.128. The molecule has 1 aromatic rings. The fraction of sp³-hybridized carbons (Fsp3) is 0.556. The van der Waals surface area contributed by atoms with Gasteiger partial charge in [0.15, 0.2) is 6.29 Å². The molecule has 0 saturated heterocycles. The lowest BCUT2D eigenvalue weighted by Gasteiger charge is -2.30. The van der Waals surface area contributed by atoms with E-state index in [2.05, 4.69) is 22.6 Å². The van der Waals surface area contributed by atoms with Crippen molar-refractivity contribution in [1.29, 1.82) is 0 Å². The molecule has 0 bridgehead atoms. The van der Waals surface area contributed by atoms with E-state index < -0.39 is 29.7 Å². The lowest BCUT2D eigenvalue weighted by molar-refractivity contribution is -0.0765. The SMILES string of the molecule is COC(O)c1cc(I)ccc1N(C(=O)OC(C)(C)C)C(=O)OC(C)(C)C. The first-order valence-corrected chi connectivity index (χ1v) is 9.09. The van der Waals surface area contributed by atoms with Crippen LogP contribution in [0.1, 0.15) is 53.4 Å². The predicted octanol–water partition coefficient (Wildman–Crippen LogP) is 4.61. The van der Waals surface area contributed by atoms with Gasteiger partial charge in [0.05, 0.1) is 5.69 Å². The minimum atomic E-state index is -1.33. The van der Waals surface area contributed by atoms with Gasteiger partial charge in [-0.3, -0.25) is 0 Å². The average molecular weight is 479 g/mol. The zero-order valence-corrected chi connectivity index (χ0v) is 18.3. The number of benzene rings is 1. The van der Waals surface area contributed by atoms with Crippen molar-refractivity contribution < 1.29 is 28.9 Å². The van der Waals surface area contributed by atoms with Crippen LogP contribution in [0, 0.1) is 3.57 Å². The standard InChI is InChI=1S/C18H26INO6/c1-17(2,3)25-15(22)20(16(23)26-18(4,5)6)13-9-8-11(19)10-12(13)14(21)24-7/h8-10,14,21H,1-7H3. The number of amides is 2. The van der Waals surface area contributed by atoms with E-state index in [9.17, 15) is 14.7 Å². The predicted molar refractivity (Wildman–Crippen MR) is 106 cm³/mol. The number of hydrogen-bond donors (Lipinski definition) is 1. The zero-order valence-electron chi connectivity index (χ0n) is 16.1. The monoisotopic (exact) mass is 479 g/mol. The molecule has 2 amide bonds. The van der Waals surface area contributed by atoms with Crippen molar-refractivity contribution in [3.8, 4) is 0 Å². The molecule has 0 saturated carbocycles. The number of carbonyl (C=O) groups excluding carboxylic acids is 2. The number of aliphatic hydroxyl groups is 1. The van der Waals surface area contributed by atoms with E-state index in [4.69, 9.17) is 14.2 Å². The van der Waals surface area contributed by atoms with Crippen LogP contribution in [0.2, 0.25) is 0 Å². The number of ether oxygens (including phenoxy) is 3. The molecule has 0 aliphatic heterocycles. The Bertz CT molecular complexity index is 635. The summed E-state index contributed by atoms with van der Waals surface area (Å²) in [5.41, 5.74) is -1.26. The molecule has 1 aromatic carbocycles. The molecule has 8 heteroatoms. The Morgan fingerprint density at radius 1 is 1.04 bits per heavy atom. The van der Waals surface area contributed by atoms with Crippen molar-refractivity contribution in [1.82, 2.24) is 0 Å². The molecule has 0 fully saturated rings. The molecule has 1 N–H and O–H groups in total. The third-order valence-corrected chi connectivity index (χ3v) is 3.54. The number of hydrogen-bond acceptors (Lipinski definition) is 6. The molecule has 0 radical (unpaired) electrons. The Labute approximate surface area is 167 Å². The second-order valence-corrected chi connectivity index (χ2v) is 8.83. The summed E-state index contributed by atoms with van der Waals surface area (Å²) in [6.07, 6.45) is -3.14. The van der Waals surface area contributed by atoms with Crippen LogP contribution >= 0.6 is 22.6 Å². The fourth-order valence-electron chi connectivity index (χ4n) is 1.94. The van der Waals surface area contributed by atoms with Gasteiger partial charge < -0.3 is 19.3 Å². The van der Waals surface area contributed by atoms with E-state index in [-0.39, 0.29) is 11.3 Å². The highest BCUT2D eigenvalue weighted by molar-refractivity contribution is 14.1. The molecule has 0 aromatic heterocycles. The molecule has 0 heterocycles. The Morgan fingerprint density at radius 2 is 1.50 bits per heavy atom. The van der Waals surface area contributed by atoms with Crippen molar-refractivity contribution in [2.45, 2.75) is 59.0 Å². The van der Waals surface area contributed by atoms with E-state index in [0.29, 0.717) is 0 Å². The molecule has 146 valence electrons. The van der Waals surface area contributed by atoms with Crippen LogP contribution in [-0.2, 0) is 14.2 Å². The summed E-state index contributed by atoms with van der Waals surface area (Å²) in [5, 5.41) is 10.2. The number of imide groups is 1. The molecule has 7 nitrogen and oxygen atoms in total. The fourth-order valence-corrected chi connectivity index (χ4v) is 2.46. The Morgan fingerprint density at radius 3 is 1.88 bits per heavy atom. The Balaban J connectivity index is 3.46. The highest BCUT2D eigenvalue weighted by Crippen LogP contribution is 2.31. The van der Waals surface area contributed by atoms with Crippen LogP contribution in [0.25, 0.3) is 0 Å². The molecular formula is C18H26INO6. The van der Waals surface area contributed by atoms with Crippen LogP contribution in [0.15, 0.2) is 18.2 Å². The van der Waals surface area contributed by atoms with Gasteiger partial charge in [0.1, 0.15) is 11.2 Å². The first-order chi connectivity index (χ1) is 11.7. The first kappa shape index (κ1) is 22.7. The van der Waals surface area contributed by atoms with E-state index >= 15 is 0 Å². The summed E-state index contributed by atoms with van der Waals surface area (Å²) in [7, 11) is 1.32. The van der Waals surface area contributed by atoms with Crippen LogP contribution in [0.4, 0.5) is 15.3 Å². The number of halogens is 1. The summed E-state index contributed by atoms with van der Waals surface area (Å²) < 4.78 is 16.5. The molecule has 1 unspecified atom stereocenters. The smallest absolute Gasteiger partial charge is 0.424 e. The van der Waals surface area contributed by atoms with Crippen molar-refractivity contribution in [2.24, 2.45) is 0 Å². The number of nitrogens with zero attached hydrogens (tertiary/aromatic N) is 1. The lowest BCUT2D eigenvalue weighted by Crippen LogP contribution is -2.44. The molecule has 0 aliphatic rings. The molecule has 0 aliphatic carbocycles. The van der Waals surface area contributed by atoms with Gasteiger partial charge in [-0.25, -0.2) is 9.59 Å². The van der Waals surface area contributed by atoms with Gasteiger partial charge in [-0.2, -0.15) is 4.90 Å². The number of anilines is 1. The summed E-state index contributed by atoms with van der Waals surface area (Å²) in [5.74, 6) is 0. The molecule has 1 rings (SSSR count). The number of carbonyl (C=O) groups is 2. The zero-order chi connectivity index (χ0) is 20.3. The summed E-state index contributed by atoms with van der Waals surface area (Å²) in [6, 6.07) is 4.85. The van der Waals surface area contributed by atoms with Gasteiger partial charge in [0.2, 0.25) is 0 Å². The van der Waals surface area contributed by atoms with E-state index in [1.54, 1.807) is 53.7 Å². The highest BCUT2D eigenvalue weighted by Gasteiger charge is 2.35. The number of aliphatic hydroxyl groups excluding tert-OH is 1. The first-order valence-electron chi connectivity index (χ1n) is 8.01. The van der Waals surface area contributed by atoms with Gasteiger partial charge in [-0.1, -0.05) is 0 Å². The Kier molecular flexibility index (Phi) is 7.43. The molecule has 26 heavy (non-hydrogen) atoms. The second-order valence-electron chi connectivity index (χ2n) is 7.59. The topological polar surface area (TPSA) is 85.3 Å². The third kappa shape index (κ3) is 6.73. The van der Waals surface area contributed by atoms with Crippen LogP contribution < -0.4 is 4.90 Å². The highest BCUT2D eigenvalue weighted by atomic mass is 127. The molecule has 1 atom stereocenters.